The number of rotatable bonds is 3. The third kappa shape index (κ3) is 2.62. The predicted molar refractivity (Wildman–Crippen MR) is 74.4 cm³/mol. The summed E-state index contributed by atoms with van der Waals surface area (Å²) in [7, 11) is 0. The van der Waals surface area contributed by atoms with Crippen LogP contribution in [-0.2, 0) is 11.3 Å². The summed E-state index contributed by atoms with van der Waals surface area (Å²) in [6.45, 7) is 2.45. The monoisotopic (exact) mass is 261 g/mol. The second-order valence-corrected chi connectivity index (χ2v) is 6.12. The Hall–Kier alpha value is -1.09. The Morgan fingerprint density at radius 1 is 1.37 bits per heavy atom. The van der Waals surface area contributed by atoms with Crippen molar-refractivity contribution in [3.05, 3.63) is 24.0 Å². The van der Waals surface area contributed by atoms with Gasteiger partial charge in [-0.3, -0.25) is 4.79 Å². The molecule has 3 rings (SSSR count). The first-order valence-electron chi connectivity index (χ1n) is 7.52. The van der Waals surface area contributed by atoms with Crippen LogP contribution in [-0.4, -0.2) is 22.1 Å². The van der Waals surface area contributed by atoms with Crippen LogP contribution in [0.3, 0.4) is 0 Å². The molecule has 1 saturated carbocycles. The van der Waals surface area contributed by atoms with Crippen LogP contribution in [0.5, 0.6) is 0 Å². The largest absolute Gasteiger partial charge is 0.370 e. The third-order valence-corrected chi connectivity index (χ3v) is 4.69. The van der Waals surface area contributed by atoms with Gasteiger partial charge in [-0.15, -0.1) is 0 Å². The molecule has 2 heterocycles. The van der Waals surface area contributed by atoms with Crippen molar-refractivity contribution in [2.24, 2.45) is 0 Å². The Morgan fingerprint density at radius 2 is 2.16 bits per heavy atom. The summed E-state index contributed by atoms with van der Waals surface area (Å²) in [5, 5.41) is 0. The van der Waals surface area contributed by atoms with E-state index >= 15 is 0 Å². The second-order valence-electron chi connectivity index (χ2n) is 6.12. The number of carbonyl (C=O) groups excluding carboxylic acids is 1. The highest BCUT2D eigenvalue weighted by atomic mass is 16.5. The number of aromatic nitrogens is 1. The Balaban J connectivity index is 1.65. The zero-order chi connectivity index (χ0) is 13.3. The fourth-order valence-electron chi connectivity index (χ4n) is 3.70. The number of ether oxygens (including phenoxy) is 1. The Labute approximate surface area is 114 Å². The molecule has 19 heavy (non-hydrogen) atoms. The van der Waals surface area contributed by atoms with Crippen LogP contribution in [0.4, 0.5) is 0 Å². The van der Waals surface area contributed by atoms with Crippen molar-refractivity contribution >= 4 is 5.78 Å². The molecule has 0 N–H and O–H groups in total. The molecule has 0 radical (unpaired) electrons. The van der Waals surface area contributed by atoms with Gasteiger partial charge in [0.15, 0.2) is 5.78 Å². The average Bonchev–Trinajstić information content (AvgIpc) is 2.99. The highest BCUT2D eigenvalue weighted by Gasteiger charge is 2.40. The van der Waals surface area contributed by atoms with E-state index in [1.54, 1.807) is 6.92 Å². The maximum Gasteiger partial charge on any atom is 0.176 e. The molecule has 1 saturated heterocycles. The fraction of sp³-hybridized carbons (Fsp3) is 0.688. The number of carbonyl (C=O) groups is 1. The standard InChI is InChI=1S/C16H23NO2/c1-13(18)15-6-5-11-17(15)12-14-7-10-16(19-14)8-3-2-4-9-16/h5-6,11,14H,2-4,7-10,12H2,1H3. The van der Waals surface area contributed by atoms with Crippen LogP contribution in [0.25, 0.3) is 0 Å². The third-order valence-electron chi connectivity index (χ3n) is 4.69. The van der Waals surface area contributed by atoms with Crippen LogP contribution in [0, 0.1) is 0 Å². The highest BCUT2D eigenvalue weighted by molar-refractivity contribution is 5.92. The van der Waals surface area contributed by atoms with Gasteiger partial charge in [0.25, 0.3) is 0 Å². The van der Waals surface area contributed by atoms with Crippen LogP contribution in [0.1, 0.15) is 62.4 Å². The van der Waals surface area contributed by atoms with Gasteiger partial charge in [-0.05, 0) is 37.8 Å². The van der Waals surface area contributed by atoms with Gasteiger partial charge in [-0.25, -0.2) is 0 Å². The molecular formula is C16H23NO2. The SMILES string of the molecule is CC(=O)c1cccn1CC1CCC2(CCCCC2)O1. The van der Waals surface area contributed by atoms with E-state index in [9.17, 15) is 4.79 Å². The first-order chi connectivity index (χ1) is 9.19. The Kier molecular flexibility index (Phi) is 3.48. The minimum absolute atomic E-state index is 0.135. The Bertz CT molecular complexity index is 457. The zero-order valence-electron chi connectivity index (χ0n) is 11.7. The van der Waals surface area contributed by atoms with Crippen LogP contribution >= 0.6 is 0 Å². The fourth-order valence-corrected chi connectivity index (χ4v) is 3.70. The lowest BCUT2D eigenvalue weighted by Crippen LogP contribution is -2.32. The molecule has 1 aliphatic carbocycles. The van der Waals surface area contributed by atoms with Crippen molar-refractivity contribution in [1.82, 2.24) is 4.57 Å². The van der Waals surface area contributed by atoms with Gasteiger partial charge >= 0.3 is 0 Å². The molecule has 1 atom stereocenters. The van der Waals surface area contributed by atoms with E-state index in [0.717, 1.165) is 18.7 Å². The number of nitrogens with zero attached hydrogens (tertiary/aromatic N) is 1. The molecule has 2 aliphatic rings. The maximum absolute atomic E-state index is 11.5. The van der Waals surface area contributed by atoms with E-state index in [-0.39, 0.29) is 17.5 Å². The number of ketones is 1. The lowest BCUT2D eigenvalue weighted by Gasteiger charge is -2.33. The van der Waals surface area contributed by atoms with Crippen molar-refractivity contribution < 1.29 is 9.53 Å². The molecule has 1 aliphatic heterocycles. The first kappa shape index (κ1) is 12.9. The minimum Gasteiger partial charge on any atom is -0.370 e. The molecule has 1 unspecified atom stereocenters. The van der Waals surface area contributed by atoms with E-state index in [0.29, 0.717) is 0 Å². The van der Waals surface area contributed by atoms with Crippen molar-refractivity contribution in [2.75, 3.05) is 0 Å². The maximum atomic E-state index is 11.5. The number of hydrogen-bond donors (Lipinski definition) is 0. The van der Waals surface area contributed by atoms with E-state index < -0.39 is 0 Å². The van der Waals surface area contributed by atoms with Crippen LogP contribution in [0.2, 0.25) is 0 Å². The molecule has 104 valence electrons. The molecule has 2 fully saturated rings. The topological polar surface area (TPSA) is 31.2 Å². The zero-order valence-corrected chi connectivity index (χ0v) is 11.7. The number of Topliss-reactive ketones (excluding diaryl/α,β-unsaturated/α-hetero) is 1. The minimum atomic E-state index is 0.135. The summed E-state index contributed by atoms with van der Waals surface area (Å²) in [6.07, 6.45) is 11.1. The molecule has 0 amide bonds. The summed E-state index contributed by atoms with van der Waals surface area (Å²) in [4.78, 5) is 11.5. The van der Waals surface area contributed by atoms with Gasteiger partial charge in [0.1, 0.15) is 0 Å². The normalized spacial score (nSPS) is 25.8. The molecule has 0 aromatic carbocycles. The van der Waals surface area contributed by atoms with Gasteiger partial charge in [0.2, 0.25) is 0 Å². The number of hydrogen-bond acceptors (Lipinski definition) is 2. The lowest BCUT2D eigenvalue weighted by atomic mass is 9.83. The van der Waals surface area contributed by atoms with Gasteiger partial charge < -0.3 is 9.30 Å². The van der Waals surface area contributed by atoms with E-state index in [4.69, 9.17) is 4.74 Å². The average molecular weight is 261 g/mol. The second kappa shape index (κ2) is 5.12. The van der Waals surface area contributed by atoms with E-state index in [1.807, 2.05) is 18.3 Å². The van der Waals surface area contributed by atoms with Crippen LogP contribution in [0.15, 0.2) is 18.3 Å². The lowest BCUT2D eigenvalue weighted by molar-refractivity contribution is -0.0680. The summed E-state index contributed by atoms with van der Waals surface area (Å²) in [5.41, 5.74) is 0.972. The van der Waals surface area contributed by atoms with Gasteiger partial charge in [0, 0.05) is 19.7 Å². The van der Waals surface area contributed by atoms with Gasteiger partial charge in [0.05, 0.1) is 17.4 Å². The summed E-state index contributed by atoms with van der Waals surface area (Å²) >= 11 is 0. The Morgan fingerprint density at radius 3 is 2.89 bits per heavy atom. The summed E-state index contributed by atoms with van der Waals surface area (Å²) < 4.78 is 8.42. The van der Waals surface area contributed by atoms with Crippen LogP contribution < -0.4 is 0 Å². The van der Waals surface area contributed by atoms with Crippen molar-refractivity contribution in [3.63, 3.8) is 0 Å². The molecule has 3 heteroatoms. The molecule has 0 bridgehead atoms. The molecule has 1 spiro atoms. The van der Waals surface area contributed by atoms with E-state index in [2.05, 4.69) is 4.57 Å². The molecule has 1 aromatic rings. The van der Waals surface area contributed by atoms with Crippen molar-refractivity contribution in [3.8, 4) is 0 Å². The first-order valence-corrected chi connectivity index (χ1v) is 7.52. The summed E-state index contributed by atoms with van der Waals surface area (Å²) in [6, 6.07) is 3.84. The highest BCUT2D eigenvalue weighted by Crippen LogP contribution is 2.42. The van der Waals surface area contributed by atoms with E-state index in [1.165, 1.54) is 38.5 Å². The summed E-state index contributed by atoms with van der Waals surface area (Å²) in [5.74, 6) is 0.135. The van der Waals surface area contributed by atoms with Crippen molar-refractivity contribution in [2.45, 2.75) is 70.1 Å². The molecular weight excluding hydrogens is 238 g/mol. The smallest absolute Gasteiger partial charge is 0.176 e. The quantitative estimate of drug-likeness (QED) is 0.779. The molecule has 1 aromatic heterocycles. The van der Waals surface area contributed by atoms with Gasteiger partial charge in [-0.2, -0.15) is 0 Å². The van der Waals surface area contributed by atoms with Gasteiger partial charge in [-0.1, -0.05) is 19.3 Å². The molecule has 3 nitrogen and oxygen atoms in total. The van der Waals surface area contributed by atoms with Crippen molar-refractivity contribution in [1.29, 1.82) is 0 Å². The predicted octanol–water partition coefficient (Wildman–Crippen LogP) is 3.57.